The zero-order valence-corrected chi connectivity index (χ0v) is 15.2. The predicted octanol–water partition coefficient (Wildman–Crippen LogP) is 4.75. The molecule has 4 nitrogen and oxygen atoms in total. The van der Waals surface area contributed by atoms with Crippen molar-refractivity contribution in [3.8, 4) is 11.5 Å². The molecule has 1 atom stereocenters. The molecule has 0 saturated carbocycles. The molecule has 0 bridgehead atoms. The van der Waals surface area contributed by atoms with Crippen LogP contribution in [0.1, 0.15) is 36.9 Å². The van der Waals surface area contributed by atoms with Gasteiger partial charge in [0.05, 0.1) is 25.3 Å². The Hall–Kier alpha value is -2.70. The van der Waals surface area contributed by atoms with Crippen LogP contribution in [-0.2, 0) is 11.0 Å². The van der Waals surface area contributed by atoms with Crippen molar-refractivity contribution in [2.75, 3.05) is 13.7 Å². The number of hydrogen-bond acceptors (Lipinski definition) is 3. The number of methoxy groups -OCH3 is 1. The minimum atomic E-state index is -4.40. The van der Waals surface area contributed by atoms with Gasteiger partial charge in [-0.3, -0.25) is 4.79 Å². The first-order valence-electron chi connectivity index (χ1n) is 8.53. The minimum Gasteiger partial charge on any atom is -0.497 e. The molecule has 2 aromatic carbocycles. The van der Waals surface area contributed by atoms with Crippen molar-refractivity contribution in [2.45, 2.75) is 32.0 Å². The highest BCUT2D eigenvalue weighted by Gasteiger charge is 2.30. The lowest BCUT2D eigenvalue weighted by Crippen LogP contribution is -2.27. The summed E-state index contributed by atoms with van der Waals surface area (Å²) in [6.07, 6.45) is -3.69. The molecule has 2 rings (SSSR count). The second-order valence-electron chi connectivity index (χ2n) is 6.04. The lowest BCUT2D eigenvalue weighted by Gasteiger charge is -2.16. The molecular weight excluding hydrogens is 359 g/mol. The highest BCUT2D eigenvalue weighted by atomic mass is 19.4. The van der Waals surface area contributed by atoms with Gasteiger partial charge in [0.15, 0.2) is 0 Å². The monoisotopic (exact) mass is 381 g/mol. The van der Waals surface area contributed by atoms with Crippen LogP contribution in [0.15, 0.2) is 48.5 Å². The van der Waals surface area contributed by atoms with E-state index in [1.54, 1.807) is 44.4 Å². The molecule has 2 aromatic rings. The average molecular weight is 381 g/mol. The fourth-order valence-electron chi connectivity index (χ4n) is 2.48. The molecule has 0 aliphatic carbocycles. The number of halogens is 3. The van der Waals surface area contributed by atoms with Crippen LogP contribution < -0.4 is 14.8 Å². The highest BCUT2D eigenvalue weighted by Crippen LogP contribution is 2.30. The molecule has 146 valence electrons. The van der Waals surface area contributed by atoms with E-state index < -0.39 is 17.8 Å². The van der Waals surface area contributed by atoms with Crippen LogP contribution in [0.4, 0.5) is 13.2 Å². The molecule has 0 aromatic heterocycles. The smallest absolute Gasteiger partial charge is 0.416 e. The Morgan fingerprint density at radius 3 is 2.41 bits per heavy atom. The predicted molar refractivity (Wildman–Crippen MR) is 95.7 cm³/mol. The number of benzene rings is 2. The summed E-state index contributed by atoms with van der Waals surface area (Å²) in [6.45, 7) is 2.01. The SMILES string of the molecule is COc1ccc(OCCCC(=O)NC(C)c2cccc(C(F)(F)F)c2)cc1. The van der Waals surface area contributed by atoms with Gasteiger partial charge in [0.1, 0.15) is 11.5 Å². The van der Waals surface area contributed by atoms with Gasteiger partial charge in [-0.05, 0) is 55.3 Å². The van der Waals surface area contributed by atoms with Gasteiger partial charge in [0.25, 0.3) is 0 Å². The molecular formula is C20H22F3NO3. The Morgan fingerprint density at radius 2 is 1.78 bits per heavy atom. The number of carbonyl (C=O) groups excluding carboxylic acids is 1. The topological polar surface area (TPSA) is 47.6 Å². The third-order valence-electron chi connectivity index (χ3n) is 3.97. The quantitative estimate of drug-likeness (QED) is 0.672. The van der Waals surface area contributed by atoms with Crippen molar-refractivity contribution >= 4 is 5.91 Å². The second kappa shape index (κ2) is 9.30. The summed E-state index contributed by atoms with van der Waals surface area (Å²) < 4.78 is 48.9. The number of ether oxygens (including phenoxy) is 2. The van der Waals surface area contributed by atoms with E-state index in [2.05, 4.69) is 5.32 Å². The second-order valence-corrected chi connectivity index (χ2v) is 6.04. The van der Waals surface area contributed by atoms with Crippen molar-refractivity contribution < 1.29 is 27.4 Å². The standard InChI is InChI=1S/C20H22F3NO3/c1-14(15-5-3-6-16(13-15)20(21,22)23)24-19(25)7-4-12-27-18-10-8-17(26-2)9-11-18/h3,5-6,8-11,13-14H,4,7,12H2,1-2H3,(H,24,25). The maximum Gasteiger partial charge on any atom is 0.416 e. The number of carbonyl (C=O) groups is 1. The fourth-order valence-corrected chi connectivity index (χ4v) is 2.48. The molecule has 0 fully saturated rings. The summed E-state index contributed by atoms with van der Waals surface area (Å²) in [7, 11) is 1.58. The molecule has 1 unspecified atom stereocenters. The first-order chi connectivity index (χ1) is 12.8. The number of hydrogen-bond donors (Lipinski definition) is 1. The molecule has 1 N–H and O–H groups in total. The van der Waals surface area contributed by atoms with Crippen LogP contribution in [0.2, 0.25) is 0 Å². The molecule has 0 aliphatic rings. The molecule has 0 spiro atoms. The molecule has 7 heteroatoms. The molecule has 0 saturated heterocycles. The van der Waals surface area contributed by atoms with E-state index in [0.29, 0.717) is 24.3 Å². The Balaban J connectivity index is 1.76. The van der Waals surface area contributed by atoms with Gasteiger partial charge in [-0.25, -0.2) is 0 Å². The summed E-state index contributed by atoms with van der Waals surface area (Å²) in [5, 5.41) is 2.71. The van der Waals surface area contributed by atoms with E-state index in [4.69, 9.17) is 9.47 Å². The summed E-state index contributed by atoms with van der Waals surface area (Å²) >= 11 is 0. The van der Waals surface area contributed by atoms with E-state index in [1.165, 1.54) is 6.07 Å². The van der Waals surface area contributed by atoms with E-state index in [-0.39, 0.29) is 12.3 Å². The van der Waals surface area contributed by atoms with Gasteiger partial charge in [-0.1, -0.05) is 12.1 Å². The molecule has 0 aliphatic heterocycles. The Bertz CT molecular complexity index is 745. The van der Waals surface area contributed by atoms with Crippen LogP contribution in [0, 0.1) is 0 Å². The van der Waals surface area contributed by atoms with Gasteiger partial charge < -0.3 is 14.8 Å². The van der Waals surface area contributed by atoms with Crippen molar-refractivity contribution in [3.63, 3.8) is 0 Å². The van der Waals surface area contributed by atoms with Crippen LogP contribution in [0.3, 0.4) is 0 Å². The minimum absolute atomic E-state index is 0.222. The van der Waals surface area contributed by atoms with E-state index >= 15 is 0 Å². The third-order valence-corrected chi connectivity index (χ3v) is 3.97. The normalized spacial score (nSPS) is 12.3. The summed E-state index contributed by atoms with van der Waals surface area (Å²) in [5.41, 5.74) is -0.318. The van der Waals surface area contributed by atoms with Crippen molar-refractivity contribution in [1.82, 2.24) is 5.32 Å². The van der Waals surface area contributed by atoms with Gasteiger partial charge in [0.2, 0.25) is 5.91 Å². The van der Waals surface area contributed by atoms with Gasteiger partial charge >= 0.3 is 6.18 Å². The lowest BCUT2D eigenvalue weighted by atomic mass is 10.0. The van der Waals surface area contributed by atoms with Crippen molar-refractivity contribution in [3.05, 3.63) is 59.7 Å². The average Bonchev–Trinajstić information content (AvgIpc) is 2.65. The molecule has 0 radical (unpaired) electrons. The van der Waals surface area contributed by atoms with E-state index in [1.807, 2.05) is 0 Å². The third kappa shape index (κ3) is 6.51. The van der Waals surface area contributed by atoms with Crippen molar-refractivity contribution in [2.24, 2.45) is 0 Å². The summed E-state index contributed by atoms with van der Waals surface area (Å²) in [6, 6.07) is 11.5. The Kier molecular flexibility index (Phi) is 7.10. The Morgan fingerprint density at radius 1 is 1.11 bits per heavy atom. The summed E-state index contributed by atoms with van der Waals surface area (Å²) in [5.74, 6) is 1.16. The fraction of sp³-hybridized carbons (Fsp3) is 0.350. The molecule has 27 heavy (non-hydrogen) atoms. The first kappa shape index (κ1) is 20.6. The first-order valence-corrected chi connectivity index (χ1v) is 8.53. The van der Waals surface area contributed by atoms with Crippen LogP contribution in [-0.4, -0.2) is 19.6 Å². The van der Waals surface area contributed by atoms with Gasteiger partial charge in [-0.15, -0.1) is 0 Å². The highest BCUT2D eigenvalue weighted by molar-refractivity contribution is 5.76. The zero-order valence-electron chi connectivity index (χ0n) is 15.2. The van der Waals surface area contributed by atoms with E-state index in [0.717, 1.165) is 17.9 Å². The zero-order chi connectivity index (χ0) is 19.9. The van der Waals surface area contributed by atoms with Gasteiger partial charge in [-0.2, -0.15) is 13.2 Å². The van der Waals surface area contributed by atoms with Crippen molar-refractivity contribution in [1.29, 1.82) is 0 Å². The summed E-state index contributed by atoms with van der Waals surface area (Å²) in [4.78, 5) is 12.0. The number of amides is 1. The van der Waals surface area contributed by atoms with Crippen LogP contribution in [0.5, 0.6) is 11.5 Å². The Labute approximate surface area is 156 Å². The number of nitrogens with one attached hydrogen (secondary N) is 1. The molecule has 1 amide bonds. The largest absolute Gasteiger partial charge is 0.497 e. The number of alkyl halides is 3. The number of rotatable bonds is 8. The maximum absolute atomic E-state index is 12.8. The van der Waals surface area contributed by atoms with Crippen LogP contribution in [0.25, 0.3) is 0 Å². The maximum atomic E-state index is 12.8. The molecule has 0 heterocycles. The van der Waals surface area contributed by atoms with Gasteiger partial charge in [0, 0.05) is 6.42 Å². The van der Waals surface area contributed by atoms with E-state index in [9.17, 15) is 18.0 Å². The lowest BCUT2D eigenvalue weighted by molar-refractivity contribution is -0.137. The van der Waals surface area contributed by atoms with Crippen LogP contribution >= 0.6 is 0 Å².